The number of aromatic hydroxyl groups is 1. The molecule has 8 heteroatoms. The number of nitrogens with one attached hydrogen (secondary N) is 1. The van der Waals surface area contributed by atoms with Crippen molar-refractivity contribution in [3.05, 3.63) is 32.3 Å². The van der Waals surface area contributed by atoms with Crippen molar-refractivity contribution in [2.24, 2.45) is 11.7 Å². The van der Waals surface area contributed by atoms with Gasteiger partial charge in [-0.2, -0.15) is 0 Å². The Kier molecular flexibility index (Phi) is 6.19. The van der Waals surface area contributed by atoms with E-state index in [-0.39, 0.29) is 29.8 Å². The molecular formula is C12H17BrClN3O3. The lowest BCUT2D eigenvalue weighted by atomic mass is 9.86. The molecule has 1 fully saturated rings. The van der Waals surface area contributed by atoms with Crippen molar-refractivity contribution in [1.29, 1.82) is 0 Å². The number of nitrogens with two attached hydrogens (primary N) is 1. The number of phenolic OH excluding ortho intramolecular Hbond substituents is 1. The maximum Gasteiger partial charge on any atom is 0.312 e. The normalized spacial score (nSPS) is 17.3. The number of hydrogen-bond acceptors (Lipinski definition) is 5. The smallest absolute Gasteiger partial charge is 0.312 e. The average Bonchev–Trinajstić information content (AvgIpc) is 2.41. The Morgan fingerprint density at radius 2 is 2.05 bits per heavy atom. The maximum absolute atomic E-state index is 10.9. The van der Waals surface area contributed by atoms with Gasteiger partial charge in [-0.1, -0.05) is 15.9 Å². The molecular weight excluding hydrogens is 350 g/mol. The minimum absolute atomic E-state index is 0. The quantitative estimate of drug-likeness (QED) is 0.563. The molecule has 1 aliphatic rings. The predicted molar refractivity (Wildman–Crippen MR) is 82.2 cm³/mol. The highest BCUT2D eigenvalue weighted by Crippen LogP contribution is 2.39. The predicted octanol–water partition coefficient (Wildman–Crippen LogP) is 2.48. The second kappa shape index (κ2) is 7.21. The van der Waals surface area contributed by atoms with Crippen molar-refractivity contribution in [3.8, 4) is 5.75 Å². The minimum atomic E-state index is -0.598. The number of nitrogens with zero attached hydrogens (tertiary/aromatic N) is 1. The van der Waals surface area contributed by atoms with Gasteiger partial charge in [-0.15, -0.1) is 12.4 Å². The number of benzene rings is 1. The summed E-state index contributed by atoms with van der Waals surface area (Å²) in [5.74, 6) is -0.0970. The zero-order chi connectivity index (χ0) is 14.0. The zero-order valence-electron chi connectivity index (χ0n) is 10.7. The van der Waals surface area contributed by atoms with Crippen molar-refractivity contribution in [2.75, 3.05) is 13.1 Å². The third kappa shape index (κ3) is 3.60. The molecule has 1 heterocycles. The Bertz CT molecular complexity index is 495. The van der Waals surface area contributed by atoms with E-state index in [9.17, 15) is 15.2 Å². The van der Waals surface area contributed by atoms with E-state index in [0.29, 0.717) is 10.0 Å². The summed E-state index contributed by atoms with van der Waals surface area (Å²) in [6.07, 6.45) is 1.81. The van der Waals surface area contributed by atoms with Crippen LogP contribution in [-0.2, 0) is 0 Å². The first-order valence-electron chi connectivity index (χ1n) is 6.13. The van der Waals surface area contributed by atoms with Crippen LogP contribution >= 0.6 is 28.3 Å². The Labute approximate surface area is 131 Å². The molecule has 112 valence electrons. The van der Waals surface area contributed by atoms with Crippen molar-refractivity contribution in [1.82, 2.24) is 5.32 Å². The molecule has 1 aromatic rings. The SMILES string of the molecule is Cl.N[C@@H](c1cc(Br)cc([N+](=O)[O-])c1O)C1CCNCC1. The molecule has 1 aromatic carbocycles. The molecule has 2 rings (SSSR count). The number of nitro benzene ring substituents is 1. The molecule has 1 aliphatic heterocycles. The molecule has 0 aromatic heterocycles. The summed E-state index contributed by atoms with van der Waals surface area (Å²) in [4.78, 5) is 10.3. The number of hydrogen-bond donors (Lipinski definition) is 3. The van der Waals surface area contributed by atoms with Crippen LogP contribution in [0.1, 0.15) is 24.4 Å². The van der Waals surface area contributed by atoms with Gasteiger partial charge in [0, 0.05) is 22.1 Å². The molecule has 1 atom stereocenters. The highest BCUT2D eigenvalue weighted by atomic mass is 79.9. The molecule has 0 spiro atoms. The highest BCUT2D eigenvalue weighted by Gasteiger charge is 2.28. The van der Waals surface area contributed by atoms with Gasteiger partial charge in [0.25, 0.3) is 0 Å². The zero-order valence-corrected chi connectivity index (χ0v) is 13.1. The number of nitro groups is 1. The van der Waals surface area contributed by atoms with Crippen LogP contribution in [0.2, 0.25) is 0 Å². The topological polar surface area (TPSA) is 101 Å². The maximum atomic E-state index is 10.9. The number of rotatable bonds is 3. The van der Waals surface area contributed by atoms with Gasteiger partial charge < -0.3 is 16.2 Å². The monoisotopic (exact) mass is 365 g/mol. The van der Waals surface area contributed by atoms with E-state index in [4.69, 9.17) is 5.73 Å². The van der Waals surface area contributed by atoms with E-state index < -0.39 is 11.0 Å². The minimum Gasteiger partial charge on any atom is -0.502 e. The Morgan fingerprint density at radius 1 is 1.45 bits per heavy atom. The fourth-order valence-corrected chi connectivity index (χ4v) is 2.92. The fourth-order valence-electron chi connectivity index (χ4n) is 2.46. The largest absolute Gasteiger partial charge is 0.502 e. The van der Waals surface area contributed by atoms with Crippen LogP contribution in [-0.4, -0.2) is 23.1 Å². The van der Waals surface area contributed by atoms with Gasteiger partial charge in [0.15, 0.2) is 5.75 Å². The molecule has 4 N–H and O–H groups in total. The first-order chi connectivity index (χ1) is 9.00. The molecule has 20 heavy (non-hydrogen) atoms. The summed E-state index contributed by atoms with van der Waals surface area (Å²) in [5.41, 5.74) is 6.30. The van der Waals surface area contributed by atoms with Crippen LogP contribution < -0.4 is 11.1 Å². The summed E-state index contributed by atoms with van der Waals surface area (Å²) in [7, 11) is 0. The second-order valence-electron chi connectivity index (χ2n) is 4.73. The van der Waals surface area contributed by atoms with Gasteiger partial charge in [0.05, 0.1) is 4.92 Å². The molecule has 0 radical (unpaired) electrons. The summed E-state index contributed by atoms with van der Waals surface area (Å²) in [5, 5.41) is 24.2. The third-order valence-electron chi connectivity index (χ3n) is 3.53. The third-order valence-corrected chi connectivity index (χ3v) is 3.99. The Morgan fingerprint density at radius 3 is 2.60 bits per heavy atom. The average molecular weight is 367 g/mol. The molecule has 0 bridgehead atoms. The van der Waals surface area contributed by atoms with Gasteiger partial charge in [0.2, 0.25) is 0 Å². The van der Waals surface area contributed by atoms with E-state index in [2.05, 4.69) is 21.2 Å². The molecule has 0 saturated carbocycles. The van der Waals surface area contributed by atoms with Crippen LogP contribution in [0.25, 0.3) is 0 Å². The van der Waals surface area contributed by atoms with E-state index >= 15 is 0 Å². The fraction of sp³-hybridized carbons (Fsp3) is 0.500. The molecule has 1 saturated heterocycles. The standard InChI is InChI=1S/C12H16BrN3O3.ClH/c13-8-5-9(12(17)10(6-8)16(18)19)11(14)7-1-3-15-4-2-7;/h5-7,11,15,17H,1-4,14H2;1H/t11-;/m1./s1. The van der Waals surface area contributed by atoms with Crippen molar-refractivity contribution in [3.63, 3.8) is 0 Å². The summed E-state index contributed by atoms with van der Waals surface area (Å²) >= 11 is 3.22. The van der Waals surface area contributed by atoms with Crippen molar-refractivity contribution in [2.45, 2.75) is 18.9 Å². The molecule has 0 amide bonds. The van der Waals surface area contributed by atoms with Gasteiger partial charge in [-0.3, -0.25) is 10.1 Å². The number of piperidine rings is 1. The van der Waals surface area contributed by atoms with E-state index in [0.717, 1.165) is 25.9 Å². The van der Waals surface area contributed by atoms with Crippen LogP contribution in [0.15, 0.2) is 16.6 Å². The summed E-state index contributed by atoms with van der Waals surface area (Å²) < 4.78 is 0.552. The molecule has 0 aliphatic carbocycles. The Balaban J connectivity index is 0.00000200. The van der Waals surface area contributed by atoms with Crippen molar-refractivity contribution >= 4 is 34.0 Å². The van der Waals surface area contributed by atoms with Gasteiger partial charge in [0.1, 0.15) is 0 Å². The number of phenols is 1. The molecule has 6 nitrogen and oxygen atoms in total. The van der Waals surface area contributed by atoms with Crippen LogP contribution in [0.4, 0.5) is 5.69 Å². The van der Waals surface area contributed by atoms with Crippen LogP contribution in [0, 0.1) is 16.0 Å². The highest BCUT2D eigenvalue weighted by molar-refractivity contribution is 9.10. The first kappa shape index (κ1) is 17.2. The van der Waals surface area contributed by atoms with Crippen LogP contribution in [0.3, 0.4) is 0 Å². The molecule has 0 unspecified atom stereocenters. The van der Waals surface area contributed by atoms with E-state index in [1.165, 1.54) is 6.07 Å². The summed E-state index contributed by atoms with van der Waals surface area (Å²) in [6.45, 7) is 1.77. The van der Waals surface area contributed by atoms with Gasteiger partial charge in [-0.05, 0) is 37.9 Å². The lowest BCUT2D eigenvalue weighted by molar-refractivity contribution is -0.386. The Hall–Kier alpha value is -0.890. The van der Waals surface area contributed by atoms with Crippen molar-refractivity contribution < 1.29 is 10.0 Å². The van der Waals surface area contributed by atoms with Gasteiger partial charge in [-0.25, -0.2) is 0 Å². The number of halogens is 2. The first-order valence-corrected chi connectivity index (χ1v) is 6.93. The lowest BCUT2D eigenvalue weighted by Gasteiger charge is -2.28. The van der Waals surface area contributed by atoms with Crippen LogP contribution in [0.5, 0.6) is 5.75 Å². The summed E-state index contributed by atoms with van der Waals surface area (Å²) in [6, 6.07) is 2.56. The second-order valence-corrected chi connectivity index (χ2v) is 5.65. The van der Waals surface area contributed by atoms with Gasteiger partial charge >= 0.3 is 5.69 Å². The van der Waals surface area contributed by atoms with E-state index in [1.807, 2.05) is 0 Å². The van der Waals surface area contributed by atoms with E-state index in [1.54, 1.807) is 6.07 Å². The lowest BCUT2D eigenvalue weighted by Crippen LogP contribution is -2.33.